The fourth-order valence-electron chi connectivity index (χ4n) is 1.39. The van der Waals surface area contributed by atoms with E-state index in [2.05, 4.69) is 4.36 Å². The predicted molar refractivity (Wildman–Crippen MR) is 55.7 cm³/mol. The molecular formula is C10H12FNOS. The number of rotatable bonds is 1. The Morgan fingerprint density at radius 3 is 2.64 bits per heavy atom. The second kappa shape index (κ2) is 3.35. The van der Waals surface area contributed by atoms with E-state index in [0.29, 0.717) is 11.5 Å². The third kappa shape index (κ3) is 1.66. The van der Waals surface area contributed by atoms with Crippen LogP contribution in [0.4, 0.5) is 10.1 Å². The minimum atomic E-state index is -2.10. The van der Waals surface area contributed by atoms with Crippen molar-refractivity contribution in [2.45, 2.75) is 13.3 Å². The summed E-state index contributed by atoms with van der Waals surface area (Å²) in [6, 6.07) is 4.77. The van der Waals surface area contributed by atoms with Crippen LogP contribution in [0, 0.1) is 12.7 Å². The molecule has 0 N–H and O–H groups in total. The van der Waals surface area contributed by atoms with Crippen LogP contribution in [0.25, 0.3) is 0 Å². The molecule has 1 aromatic carbocycles. The molecule has 1 heterocycles. The third-order valence-corrected chi connectivity index (χ3v) is 4.74. The zero-order valence-electron chi connectivity index (χ0n) is 8.00. The predicted octanol–water partition coefficient (Wildman–Crippen LogP) is 2.64. The molecule has 0 saturated carbocycles. The van der Waals surface area contributed by atoms with Crippen molar-refractivity contribution in [3.05, 3.63) is 29.6 Å². The Hall–Kier alpha value is -0.900. The molecule has 0 spiro atoms. The van der Waals surface area contributed by atoms with Crippen molar-refractivity contribution in [3.63, 3.8) is 0 Å². The number of nitrogens with zero attached hydrogens (tertiary/aromatic N) is 1. The van der Waals surface area contributed by atoms with Gasteiger partial charge in [-0.25, -0.2) is 8.60 Å². The van der Waals surface area contributed by atoms with E-state index in [4.69, 9.17) is 0 Å². The van der Waals surface area contributed by atoms with Crippen molar-refractivity contribution in [2.75, 3.05) is 11.5 Å². The SMILES string of the molecule is Cc1cccc(F)c1N=S1(=O)CCC1. The lowest BCUT2D eigenvalue weighted by molar-refractivity contribution is 0.627. The highest BCUT2D eigenvalue weighted by atomic mass is 32.2. The first kappa shape index (κ1) is 9.65. The molecule has 0 amide bonds. The van der Waals surface area contributed by atoms with Gasteiger partial charge in [-0.2, -0.15) is 4.36 Å². The van der Waals surface area contributed by atoms with Gasteiger partial charge in [-0.05, 0) is 25.0 Å². The number of hydrogen-bond donors (Lipinski definition) is 0. The first-order chi connectivity index (χ1) is 6.61. The van der Waals surface area contributed by atoms with Crippen LogP contribution in [0.5, 0.6) is 0 Å². The number of hydrogen-bond acceptors (Lipinski definition) is 2. The Bertz CT molecular complexity index is 445. The summed E-state index contributed by atoms with van der Waals surface area (Å²) in [4.78, 5) is 0. The van der Waals surface area contributed by atoms with Crippen LogP contribution in [0.15, 0.2) is 22.6 Å². The van der Waals surface area contributed by atoms with Crippen molar-refractivity contribution in [1.29, 1.82) is 0 Å². The fourth-order valence-corrected chi connectivity index (χ4v) is 2.92. The Kier molecular flexibility index (Phi) is 2.31. The molecule has 4 heteroatoms. The van der Waals surface area contributed by atoms with Crippen molar-refractivity contribution >= 4 is 15.4 Å². The average molecular weight is 213 g/mol. The first-order valence-corrected chi connectivity index (χ1v) is 6.44. The third-order valence-electron chi connectivity index (χ3n) is 2.37. The molecule has 1 aliphatic rings. The quantitative estimate of drug-likeness (QED) is 0.705. The molecule has 1 aliphatic heterocycles. The summed E-state index contributed by atoms with van der Waals surface area (Å²) >= 11 is 0. The molecule has 0 atom stereocenters. The van der Waals surface area contributed by atoms with Crippen LogP contribution in [0.2, 0.25) is 0 Å². The molecule has 1 aromatic rings. The summed E-state index contributed by atoms with van der Waals surface area (Å²) in [7, 11) is -2.10. The maximum atomic E-state index is 13.3. The van der Waals surface area contributed by atoms with Gasteiger partial charge in [-0.3, -0.25) is 0 Å². The highest BCUT2D eigenvalue weighted by Crippen LogP contribution is 2.27. The highest BCUT2D eigenvalue weighted by Gasteiger charge is 2.20. The summed E-state index contributed by atoms with van der Waals surface area (Å²) < 4.78 is 29.2. The van der Waals surface area contributed by atoms with Crippen LogP contribution < -0.4 is 0 Å². The van der Waals surface area contributed by atoms with Crippen LogP contribution in [0.1, 0.15) is 12.0 Å². The Balaban J connectivity index is 2.52. The van der Waals surface area contributed by atoms with Crippen LogP contribution in [-0.2, 0) is 9.73 Å². The van der Waals surface area contributed by atoms with E-state index in [9.17, 15) is 8.60 Å². The molecule has 2 nitrogen and oxygen atoms in total. The van der Waals surface area contributed by atoms with Gasteiger partial charge in [0.05, 0.1) is 9.73 Å². The maximum absolute atomic E-state index is 13.3. The van der Waals surface area contributed by atoms with Gasteiger partial charge >= 0.3 is 0 Å². The van der Waals surface area contributed by atoms with Gasteiger partial charge in [-0.15, -0.1) is 0 Å². The largest absolute Gasteiger partial charge is 0.249 e. The number of benzene rings is 1. The number of aryl methyl sites for hydroxylation is 1. The second-order valence-electron chi connectivity index (χ2n) is 3.53. The maximum Gasteiger partial charge on any atom is 0.149 e. The molecule has 14 heavy (non-hydrogen) atoms. The van der Waals surface area contributed by atoms with Gasteiger partial charge in [-0.1, -0.05) is 12.1 Å². The topological polar surface area (TPSA) is 29.4 Å². The monoisotopic (exact) mass is 213 g/mol. The van der Waals surface area contributed by atoms with Crippen LogP contribution in [-0.4, -0.2) is 15.7 Å². The molecule has 0 unspecified atom stereocenters. The molecule has 0 aromatic heterocycles. The summed E-state index contributed by atoms with van der Waals surface area (Å²) in [6.07, 6.45) is 0.940. The minimum Gasteiger partial charge on any atom is -0.249 e. The van der Waals surface area contributed by atoms with Gasteiger partial charge in [0.1, 0.15) is 11.5 Å². The van der Waals surface area contributed by atoms with Gasteiger partial charge < -0.3 is 0 Å². The lowest BCUT2D eigenvalue weighted by Gasteiger charge is -2.18. The minimum absolute atomic E-state index is 0.275. The van der Waals surface area contributed by atoms with E-state index in [0.717, 1.165) is 12.0 Å². The van der Waals surface area contributed by atoms with E-state index in [1.54, 1.807) is 19.1 Å². The lowest BCUT2D eigenvalue weighted by atomic mass is 10.2. The average Bonchev–Trinajstić information content (AvgIpc) is 2.09. The smallest absolute Gasteiger partial charge is 0.149 e. The summed E-state index contributed by atoms with van der Waals surface area (Å²) in [6.45, 7) is 1.78. The highest BCUT2D eigenvalue weighted by molar-refractivity contribution is 7.95. The summed E-state index contributed by atoms with van der Waals surface area (Å²) in [5.41, 5.74) is 1.02. The first-order valence-electron chi connectivity index (χ1n) is 4.58. The van der Waals surface area contributed by atoms with Crippen LogP contribution >= 0.6 is 0 Å². The zero-order chi connectivity index (χ0) is 10.2. The van der Waals surface area contributed by atoms with Crippen molar-refractivity contribution in [2.24, 2.45) is 4.36 Å². The molecule has 1 fully saturated rings. The van der Waals surface area contributed by atoms with Crippen molar-refractivity contribution in [1.82, 2.24) is 0 Å². The molecule has 76 valence electrons. The van der Waals surface area contributed by atoms with E-state index in [1.807, 2.05) is 0 Å². The molecule has 0 radical (unpaired) electrons. The van der Waals surface area contributed by atoms with Crippen molar-refractivity contribution in [3.8, 4) is 0 Å². The van der Waals surface area contributed by atoms with E-state index >= 15 is 0 Å². The molecule has 2 rings (SSSR count). The van der Waals surface area contributed by atoms with Gasteiger partial charge in [0.25, 0.3) is 0 Å². The van der Waals surface area contributed by atoms with Gasteiger partial charge in [0.2, 0.25) is 0 Å². The summed E-state index contributed by atoms with van der Waals surface area (Å²) in [5, 5.41) is 0. The second-order valence-corrected chi connectivity index (χ2v) is 6.08. The van der Waals surface area contributed by atoms with Crippen LogP contribution in [0.3, 0.4) is 0 Å². The normalized spacial score (nSPS) is 18.7. The fraction of sp³-hybridized carbons (Fsp3) is 0.400. The van der Waals surface area contributed by atoms with Crippen molar-refractivity contribution < 1.29 is 8.60 Å². The molecule has 1 saturated heterocycles. The Morgan fingerprint density at radius 1 is 1.43 bits per heavy atom. The van der Waals surface area contributed by atoms with E-state index in [1.165, 1.54) is 6.07 Å². The summed E-state index contributed by atoms with van der Waals surface area (Å²) in [5.74, 6) is 0.848. The van der Waals surface area contributed by atoms with E-state index < -0.39 is 9.73 Å². The van der Waals surface area contributed by atoms with Gasteiger partial charge in [0.15, 0.2) is 0 Å². The molecule has 0 aliphatic carbocycles. The van der Waals surface area contributed by atoms with E-state index in [-0.39, 0.29) is 11.5 Å². The Morgan fingerprint density at radius 2 is 2.14 bits per heavy atom. The molecular weight excluding hydrogens is 201 g/mol. The Labute approximate surface area is 83.3 Å². The molecule has 0 bridgehead atoms. The standard InChI is InChI=1S/C10H12FNOS/c1-8-4-2-5-9(11)10(8)12-14(13)6-3-7-14/h2,4-5H,3,6-7H2,1H3. The van der Waals surface area contributed by atoms with Gasteiger partial charge in [0, 0.05) is 11.5 Å². The zero-order valence-corrected chi connectivity index (χ0v) is 8.81. The number of halogens is 1. The lowest BCUT2D eigenvalue weighted by Crippen LogP contribution is -2.23.